The Balaban J connectivity index is 2.24. The van der Waals surface area contributed by atoms with Crippen LogP contribution < -0.4 is 11.1 Å². The Morgan fingerprint density at radius 2 is 2.29 bits per heavy atom. The van der Waals surface area contributed by atoms with E-state index in [1.165, 1.54) is 18.4 Å². The number of carbonyl (C=O) groups excluding carboxylic acids is 1. The number of aromatic nitrogens is 1. The summed E-state index contributed by atoms with van der Waals surface area (Å²) in [5.74, 6) is 1.07. The lowest BCUT2D eigenvalue weighted by Crippen LogP contribution is -2.25. The van der Waals surface area contributed by atoms with Gasteiger partial charge >= 0.3 is 0 Å². The largest absolute Gasteiger partial charge is 0.397 e. The molecule has 0 unspecified atom stereocenters. The molecule has 0 aliphatic carbocycles. The third-order valence-corrected chi connectivity index (χ3v) is 3.10. The number of thioether (sulfide) groups is 1. The number of nitrogens with two attached hydrogens (primary N) is 1. The van der Waals surface area contributed by atoms with Crippen molar-refractivity contribution in [1.82, 2.24) is 10.3 Å². The van der Waals surface area contributed by atoms with Crippen LogP contribution in [0.5, 0.6) is 0 Å². The van der Waals surface area contributed by atoms with E-state index in [9.17, 15) is 4.79 Å². The predicted octanol–water partition coefficient (Wildman–Crippen LogP) is 1.93. The number of nitrogens with one attached hydrogen (secondary N) is 1. The Hall–Kier alpha value is -1.23. The quantitative estimate of drug-likeness (QED) is 0.729. The smallest absolute Gasteiger partial charge is 0.253 e. The average molecular weight is 253 g/mol. The highest BCUT2D eigenvalue weighted by molar-refractivity contribution is 7.98. The van der Waals surface area contributed by atoms with Crippen LogP contribution in [0.1, 0.15) is 29.6 Å². The van der Waals surface area contributed by atoms with E-state index in [4.69, 9.17) is 5.73 Å². The molecule has 0 spiro atoms. The lowest BCUT2D eigenvalue weighted by molar-refractivity contribution is 0.0954. The topological polar surface area (TPSA) is 68.0 Å². The minimum Gasteiger partial charge on any atom is -0.397 e. The highest BCUT2D eigenvalue weighted by Crippen LogP contribution is 2.08. The molecule has 4 nitrogen and oxygen atoms in total. The lowest BCUT2D eigenvalue weighted by Gasteiger charge is -2.06. The van der Waals surface area contributed by atoms with Gasteiger partial charge in [-0.05, 0) is 30.9 Å². The highest BCUT2D eigenvalue weighted by atomic mass is 32.2. The van der Waals surface area contributed by atoms with Crippen molar-refractivity contribution in [3.8, 4) is 0 Å². The van der Waals surface area contributed by atoms with E-state index in [1.807, 2.05) is 11.8 Å². The molecule has 0 aromatic carbocycles. The number of nitrogens with zero attached hydrogens (tertiary/aromatic N) is 1. The fraction of sp³-hybridized carbons (Fsp3) is 0.500. The number of hydrogen-bond acceptors (Lipinski definition) is 4. The zero-order valence-corrected chi connectivity index (χ0v) is 10.9. The zero-order valence-electron chi connectivity index (χ0n) is 10.1. The van der Waals surface area contributed by atoms with Crippen LogP contribution in [0.25, 0.3) is 0 Å². The molecule has 0 bridgehead atoms. The van der Waals surface area contributed by atoms with Gasteiger partial charge in [0, 0.05) is 12.7 Å². The molecule has 94 valence electrons. The van der Waals surface area contributed by atoms with Crippen LogP contribution >= 0.6 is 11.8 Å². The maximum absolute atomic E-state index is 11.7. The molecule has 0 aliphatic rings. The van der Waals surface area contributed by atoms with Gasteiger partial charge in [-0.3, -0.25) is 9.78 Å². The van der Waals surface area contributed by atoms with Gasteiger partial charge in [-0.15, -0.1) is 0 Å². The minimum absolute atomic E-state index is 0.116. The molecule has 1 heterocycles. The van der Waals surface area contributed by atoms with Gasteiger partial charge < -0.3 is 11.1 Å². The second-order valence-corrected chi connectivity index (χ2v) is 4.76. The van der Waals surface area contributed by atoms with Crippen molar-refractivity contribution in [2.24, 2.45) is 0 Å². The highest BCUT2D eigenvalue weighted by Gasteiger charge is 2.07. The third kappa shape index (κ3) is 5.08. The fourth-order valence-electron chi connectivity index (χ4n) is 1.46. The molecular formula is C12H19N3OS. The molecule has 1 aromatic heterocycles. The van der Waals surface area contributed by atoms with Gasteiger partial charge in [0.1, 0.15) is 0 Å². The number of rotatable bonds is 7. The van der Waals surface area contributed by atoms with Crippen molar-refractivity contribution in [2.75, 3.05) is 24.3 Å². The van der Waals surface area contributed by atoms with Crippen molar-refractivity contribution in [1.29, 1.82) is 0 Å². The summed E-state index contributed by atoms with van der Waals surface area (Å²) in [6, 6.07) is 1.64. The molecule has 0 atom stereocenters. The van der Waals surface area contributed by atoms with Gasteiger partial charge in [0.15, 0.2) is 0 Å². The molecule has 1 rings (SSSR count). The molecule has 0 fully saturated rings. The molecule has 0 aliphatic heterocycles. The maximum atomic E-state index is 11.7. The first-order valence-electron chi connectivity index (χ1n) is 5.72. The first-order chi connectivity index (χ1) is 8.25. The molecule has 0 saturated heterocycles. The molecule has 1 aromatic rings. The van der Waals surface area contributed by atoms with E-state index in [0.717, 1.165) is 12.8 Å². The second-order valence-electron chi connectivity index (χ2n) is 3.77. The summed E-state index contributed by atoms with van der Waals surface area (Å²) in [6.45, 7) is 0.703. The summed E-state index contributed by atoms with van der Waals surface area (Å²) >= 11 is 1.85. The first kappa shape index (κ1) is 13.8. The minimum atomic E-state index is -0.116. The van der Waals surface area contributed by atoms with Gasteiger partial charge in [-0.1, -0.05) is 6.42 Å². The summed E-state index contributed by atoms with van der Waals surface area (Å²) in [7, 11) is 0. The van der Waals surface area contributed by atoms with Crippen LogP contribution in [0.3, 0.4) is 0 Å². The number of hydrogen-bond donors (Lipinski definition) is 2. The van der Waals surface area contributed by atoms with Crippen LogP contribution in [0, 0.1) is 0 Å². The van der Waals surface area contributed by atoms with E-state index in [2.05, 4.69) is 16.6 Å². The van der Waals surface area contributed by atoms with Crippen LogP contribution in [0.2, 0.25) is 0 Å². The number of amides is 1. The third-order valence-electron chi connectivity index (χ3n) is 2.41. The molecule has 3 N–H and O–H groups in total. The Morgan fingerprint density at radius 1 is 1.47 bits per heavy atom. The fourth-order valence-corrected chi connectivity index (χ4v) is 1.95. The van der Waals surface area contributed by atoms with Crippen LogP contribution in [0.15, 0.2) is 18.5 Å². The number of anilines is 1. The molecule has 1 amide bonds. The van der Waals surface area contributed by atoms with E-state index >= 15 is 0 Å². The summed E-state index contributed by atoms with van der Waals surface area (Å²) in [5.41, 5.74) is 6.59. The Kier molecular flexibility index (Phi) is 6.47. The van der Waals surface area contributed by atoms with Gasteiger partial charge in [0.25, 0.3) is 5.91 Å². The molecule has 0 radical (unpaired) electrons. The van der Waals surface area contributed by atoms with Gasteiger partial charge in [-0.25, -0.2) is 0 Å². The predicted molar refractivity (Wildman–Crippen MR) is 73.2 cm³/mol. The van der Waals surface area contributed by atoms with E-state index in [0.29, 0.717) is 17.8 Å². The Labute approximate surface area is 106 Å². The number of pyridine rings is 1. The maximum Gasteiger partial charge on any atom is 0.253 e. The van der Waals surface area contributed by atoms with Gasteiger partial charge in [0.2, 0.25) is 0 Å². The lowest BCUT2D eigenvalue weighted by atomic mass is 10.2. The Bertz CT molecular complexity index is 357. The average Bonchev–Trinajstić information content (AvgIpc) is 2.34. The zero-order chi connectivity index (χ0) is 12.5. The first-order valence-corrected chi connectivity index (χ1v) is 7.11. The Morgan fingerprint density at radius 3 is 3.00 bits per heavy atom. The van der Waals surface area contributed by atoms with Crippen molar-refractivity contribution in [2.45, 2.75) is 19.3 Å². The van der Waals surface area contributed by atoms with Gasteiger partial charge in [-0.2, -0.15) is 11.8 Å². The summed E-state index contributed by atoms with van der Waals surface area (Å²) in [5, 5.41) is 2.86. The molecule has 17 heavy (non-hydrogen) atoms. The molecular weight excluding hydrogens is 234 g/mol. The molecule has 0 saturated carbocycles. The van der Waals surface area contributed by atoms with Crippen LogP contribution in [-0.4, -0.2) is 29.4 Å². The SMILES string of the molecule is CSCCCCCNC(=O)c1ccncc1N. The van der Waals surface area contributed by atoms with Crippen molar-refractivity contribution in [3.63, 3.8) is 0 Å². The van der Waals surface area contributed by atoms with E-state index in [-0.39, 0.29) is 5.91 Å². The number of unbranched alkanes of at least 4 members (excludes halogenated alkanes) is 2. The van der Waals surface area contributed by atoms with Crippen LogP contribution in [0.4, 0.5) is 5.69 Å². The number of carbonyl (C=O) groups is 1. The normalized spacial score (nSPS) is 10.2. The van der Waals surface area contributed by atoms with Gasteiger partial charge in [0.05, 0.1) is 17.4 Å². The summed E-state index contributed by atoms with van der Waals surface area (Å²) < 4.78 is 0. The monoisotopic (exact) mass is 253 g/mol. The number of nitrogen functional groups attached to an aromatic ring is 1. The van der Waals surface area contributed by atoms with Crippen molar-refractivity contribution >= 4 is 23.4 Å². The standard InChI is InChI=1S/C12H19N3OS/c1-17-8-4-2-3-6-15-12(16)10-5-7-14-9-11(10)13/h5,7,9H,2-4,6,8,13H2,1H3,(H,15,16). The summed E-state index contributed by atoms with van der Waals surface area (Å²) in [6.07, 6.45) is 8.53. The van der Waals surface area contributed by atoms with E-state index in [1.54, 1.807) is 12.3 Å². The second kappa shape index (κ2) is 7.95. The van der Waals surface area contributed by atoms with E-state index < -0.39 is 0 Å². The van der Waals surface area contributed by atoms with Crippen molar-refractivity contribution < 1.29 is 4.79 Å². The summed E-state index contributed by atoms with van der Waals surface area (Å²) in [4.78, 5) is 15.6. The van der Waals surface area contributed by atoms with Crippen LogP contribution in [-0.2, 0) is 0 Å². The molecule has 5 heteroatoms. The van der Waals surface area contributed by atoms with Crippen molar-refractivity contribution in [3.05, 3.63) is 24.0 Å².